The zero-order valence-corrected chi connectivity index (χ0v) is 16.9. The molecule has 4 nitrogen and oxygen atoms in total. The standard InChI is InChI=1S/C24H26F2N2O2/c25-21-9-7-18(12-22(21)26)14-27-24(29)10-8-17-4-3-11-28(15-17)16-20-13-19-5-1-2-6-23(19)30-20/h1-2,5-7,9,12-13,17H,3-4,8,10-11,14-16H2,(H,27,29). The number of nitrogens with one attached hydrogen (secondary N) is 1. The number of furan rings is 1. The van der Waals surface area contributed by atoms with Gasteiger partial charge in [0.1, 0.15) is 11.3 Å². The van der Waals surface area contributed by atoms with Gasteiger partial charge >= 0.3 is 0 Å². The van der Waals surface area contributed by atoms with E-state index in [4.69, 9.17) is 4.42 Å². The summed E-state index contributed by atoms with van der Waals surface area (Å²) in [5.41, 5.74) is 1.47. The summed E-state index contributed by atoms with van der Waals surface area (Å²) in [6.07, 6.45) is 3.49. The van der Waals surface area contributed by atoms with Crippen molar-refractivity contribution in [1.82, 2.24) is 10.2 Å². The number of halogens is 2. The Morgan fingerprint density at radius 1 is 1.13 bits per heavy atom. The van der Waals surface area contributed by atoms with E-state index in [0.29, 0.717) is 17.9 Å². The maximum Gasteiger partial charge on any atom is 0.220 e. The predicted molar refractivity (Wildman–Crippen MR) is 112 cm³/mol. The number of hydrogen-bond donors (Lipinski definition) is 1. The van der Waals surface area contributed by atoms with Crippen LogP contribution in [0.15, 0.2) is 52.9 Å². The highest BCUT2D eigenvalue weighted by atomic mass is 19.2. The van der Waals surface area contributed by atoms with Crippen LogP contribution in [0.1, 0.15) is 37.0 Å². The molecule has 1 aliphatic heterocycles. The third kappa shape index (κ3) is 5.25. The zero-order valence-electron chi connectivity index (χ0n) is 16.9. The van der Waals surface area contributed by atoms with Crippen LogP contribution in [-0.2, 0) is 17.9 Å². The van der Waals surface area contributed by atoms with E-state index in [1.807, 2.05) is 18.2 Å². The van der Waals surface area contributed by atoms with Crippen molar-refractivity contribution in [2.24, 2.45) is 5.92 Å². The lowest BCUT2D eigenvalue weighted by Gasteiger charge is -2.32. The molecule has 0 bridgehead atoms. The maximum absolute atomic E-state index is 13.2. The number of benzene rings is 2. The molecule has 4 rings (SSSR count). The van der Waals surface area contributed by atoms with Gasteiger partial charge in [0.2, 0.25) is 5.91 Å². The first-order chi connectivity index (χ1) is 14.6. The Kier molecular flexibility index (Phi) is 6.43. The molecule has 0 saturated carbocycles. The molecule has 6 heteroatoms. The molecule has 0 aliphatic carbocycles. The van der Waals surface area contributed by atoms with Gasteiger partial charge in [-0.05, 0) is 61.6 Å². The minimum Gasteiger partial charge on any atom is -0.460 e. The molecule has 2 aromatic carbocycles. The fraction of sp³-hybridized carbons (Fsp3) is 0.375. The predicted octanol–water partition coefficient (Wildman–Crippen LogP) is 5.02. The van der Waals surface area contributed by atoms with Crippen molar-refractivity contribution in [1.29, 1.82) is 0 Å². The van der Waals surface area contributed by atoms with Gasteiger partial charge in [0.15, 0.2) is 11.6 Å². The number of carbonyl (C=O) groups excluding carboxylic acids is 1. The monoisotopic (exact) mass is 412 g/mol. The Bertz CT molecular complexity index is 984. The van der Waals surface area contributed by atoms with Gasteiger partial charge in [0.05, 0.1) is 6.54 Å². The van der Waals surface area contributed by atoms with E-state index in [9.17, 15) is 13.6 Å². The van der Waals surface area contributed by atoms with E-state index < -0.39 is 11.6 Å². The molecular weight excluding hydrogens is 386 g/mol. The van der Waals surface area contributed by atoms with Crippen molar-refractivity contribution in [3.63, 3.8) is 0 Å². The van der Waals surface area contributed by atoms with Gasteiger partial charge in [0, 0.05) is 24.9 Å². The molecule has 1 unspecified atom stereocenters. The Balaban J connectivity index is 1.22. The second-order valence-electron chi connectivity index (χ2n) is 8.06. The van der Waals surface area contributed by atoms with Crippen LogP contribution in [0, 0.1) is 17.6 Å². The fourth-order valence-electron chi connectivity index (χ4n) is 4.14. The highest BCUT2D eigenvalue weighted by molar-refractivity contribution is 5.77. The summed E-state index contributed by atoms with van der Waals surface area (Å²) in [6, 6.07) is 13.8. The maximum atomic E-state index is 13.2. The molecule has 0 radical (unpaired) electrons. The van der Waals surface area contributed by atoms with Crippen LogP contribution in [0.25, 0.3) is 11.0 Å². The Morgan fingerprint density at radius 3 is 2.83 bits per heavy atom. The van der Waals surface area contributed by atoms with Crippen LogP contribution in [0.2, 0.25) is 0 Å². The van der Waals surface area contributed by atoms with Crippen LogP contribution in [-0.4, -0.2) is 23.9 Å². The van der Waals surface area contributed by atoms with Gasteiger partial charge in [-0.25, -0.2) is 8.78 Å². The van der Waals surface area contributed by atoms with Gasteiger partial charge in [0.25, 0.3) is 0 Å². The number of likely N-dealkylation sites (tertiary alicyclic amines) is 1. The largest absolute Gasteiger partial charge is 0.460 e. The van der Waals surface area contributed by atoms with Crippen molar-refractivity contribution in [3.8, 4) is 0 Å². The quantitative estimate of drug-likeness (QED) is 0.593. The normalized spacial score (nSPS) is 17.3. The number of para-hydroxylation sites is 1. The number of piperidine rings is 1. The highest BCUT2D eigenvalue weighted by Crippen LogP contribution is 2.25. The highest BCUT2D eigenvalue weighted by Gasteiger charge is 2.21. The molecule has 158 valence electrons. The molecule has 1 aliphatic rings. The number of rotatable bonds is 7. The van der Waals surface area contributed by atoms with Crippen molar-refractivity contribution in [2.75, 3.05) is 13.1 Å². The topological polar surface area (TPSA) is 45.5 Å². The van der Waals surface area contributed by atoms with Crippen LogP contribution in [0.3, 0.4) is 0 Å². The summed E-state index contributed by atoms with van der Waals surface area (Å²) in [4.78, 5) is 14.6. The van der Waals surface area contributed by atoms with Crippen LogP contribution < -0.4 is 5.32 Å². The first-order valence-electron chi connectivity index (χ1n) is 10.5. The summed E-state index contributed by atoms with van der Waals surface area (Å²) in [6.45, 7) is 2.98. The average Bonchev–Trinajstić information content (AvgIpc) is 3.15. The molecular formula is C24H26F2N2O2. The number of amides is 1. The molecule has 2 heterocycles. The molecule has 0 spiro atoms. The van der Waals surface area contributed by atoms with Gasteiger partial charge in [-0.15, -0.1) is 0 Å². The Hall–Kier alpha value is -2.73. The lowest BCUT2D eigenvalue weighted by atomic mass is 9.93. The molecule has 1 saturated heterocycles. The van der Waals surface area contributed by atoms with E-state index in [1.54, 1.807) is 0 Å². The number of fused-ring (bicyclic) bond motifs is 1. The molecule has 30 heavy (non-hydrogen) atoms. The second-order valence-corrected chi connectivity index (χ2v) is 8.06. The SMILES string of the molecule is O=C(CCC1CCCN(Cc2cc3ccccc3o2)C1)NCc1ccc(F)c(F)c1. The van der Waals surface area contributed by atoms with Crippen LogP contribution in [0.5, 0.6) is 0 Å². The third-order valence-electron chi connectivity index (χ3n) is 5.71. The Labute approximate surface area is 174 Å². The average molecular weight is 412 g/mol. The molecule has 1 fully saturated rings. The number of hydrogen-bond acceptors (Lipinski definition) is 3. The van der Waals surface area contributed by atoms with Gasteiger partial charge in [-0.1, -0.05) is 24.3 Å². The van der Waals surface area contributed by atoms with Crippen molar-refractivity contribution < 1.29 is 18.0 Å². The summed E-state index contributed by atoms with van der Waals surface area (Å²) in [5.74, 6) is -0.393. The van der Waals surface area contributed by atoms with E-state index in [1.165, 1.54) is 6.07 Å². The molecule has 1 aromatic heterocycles. The third-order valence-corrected chi connectivity index (χ3v) is 5.71. The summed E-state index contributed by atoms with van der Waals surface area (Å²) in [5, 5.41) is 3.92. The minimum atomic E-state index is -0.895. The van der Waals surface area contributed by atoms with Crippen molar-refractivity contribution >= 4 is 16.9 Å². The number of nitrogens with zero attached hydrogens (tertiary/aromatic N) is 1. The first-order valence-corrected chi connectivity index (χ1v) is 10.5. The molecule has 1 N–H and O–H groups in total. The molecule has 3 aromatic rings. The van der Waals surface area contributed by atoms with Crippen LogP contribution >= 0.6 is 0 Å². The van der Waals surface area contributed by atoms with E-state index in [2.05, 4.69) is 22.3 Å². The van der Waals surface area contributed by atoms with Gasteiger partial charge in [-0.3, -0.25) is 9.69 Å². The summed E-state index contributed by atoms with van der Waals surface area (Å²) >= 11 is 0. The van der Waals surface area contributed by atoms with Crippen molar-refractivity contribution in [2.45, 2.75) is 38.8 Å². The fourth-order valence-corrected chi connectivity index (χ4v) is 4.14. The number of carbonyl (C=O) groups is 1. The zero-order chi connectivity index (χ0) is 20.9. The van der Waals surface area contributed by atoms with E-state index in [0.717, 1.165) is 67.8 Å². The lowest BCUT2D eigenvalue weighted by Crippen LogP contribution is -2.35. The minimum absolute atomic E-state index is 0.0610. The Morgan fingerprint density at radius 2 is 2.00 bits per heavy atom. The first kappa shape index (κ1) is 20.5. The second kappa shape index (κ2) is 9.39. The smallest absolute Gasteiger partial charge is 0.220 e. The summed E-state index contributed by atoms with van der Waals surface area (Å²) in [7, 11) is 0. The van der Waals surface area contributed by atoms with Gasteiger partial charge < -0.3 is 9.73 Å². The van der Waals surface area contributed by atoms with E-state index >= 15 is 0 Å². The van der Waals surface area contributed by atoms with Crippen LogP contribution in [0.4, 0.5) is 8.78 Å². The van der Waals surface area contributed by atoms with Crippen molar-refractivity contribution in [3.05, 3.63) is 71.5 Å². The van der Waals surface area contributed by atoms with E-state index in [-0.39, 0.29) is 12.5 Å². The molecule has 1 amide bonds. The molecule has 1 atom stereocenters. The summed E-state index contributed by atoms with van der Waals surface area (Å²) < 4.78 is 32.2. The van der Waals surface area contributed by atoms with Gasteiger partial charge in [-0.2, -0.15) is 0 Å². The lowest BCUT2D eigenvalue weighted by molar-refractivity contribution is -0.121.